The molecule has 1 amide bonds. The van der Waals surface area contributed by atoms with E-state index in [4.69, 9.17) is 12.2 Å². The van der Waals surface area contributed by atoms with Crippen LogP contribution in [0.15, 0.2) is 48.8 Å². The van der Waals surface area contributed by atoms with Crippen molar-refractivity contribution >= 4 is 23.2 Å². The van der Waals surface area contributed by atoms with Gasteiger partial charge >= 0.3 is 0 Å². The van der Waals surface area contributed by atoms with Crippen LogP contribution in [0.4, 0.5) is 4.39 Å². The molecule has 1 aliphatic heterocycles. The van der Waals surface area contributed by atoms with Gasteiger partial charge in [-0.1, -0.05) is 6.07 Å². The first-order valence-electron chi connectivity index (χ1n) is 7.92. The number of nitrogens with zero attached hydrogens (tertiary/aromatic N) is 2. The van der Waals surface area contributed by atoms with E-state index in [1.807, 2.05) is 23.2 Å². The fourth-order valence-corrected chi connectivity index (χ4v) is 3.25. The Balaban J connectivity index is 1.72. The number of likely N-dealkylation sites (tertiary alicyclic amines) is 1. The van der Waals surface area contributed by atoms with Crippen molar-refractivity contribution in [1.82, 2.24) is 15.2 Å². The molecule has 1 aliphatic rings. The van der Waals surface area contributed by atoms with Crippen molar-refractivity contribution in [2.45, 2.75) is 25.3 Å². The van der Waals surface area contributed by atoms with Crippen molar-refractivity contribution < 1.29 is 9.18 Å². The van der Waals surface area contributed by atoms with Crippen molar-refractivity contribution in [3.63, 3.8) is 0 Å². The molecule has 1 aromatic carbocycles. The summed E-state index contributed by atoms with van der Waals surface area (Å²) >= 11 is 5.45. The van der Waals surface area contributed by atoms with E-state index in [1.54, 1.807) is 6.20 Å². The third-order valence-corrected chi connectivity index (χ3v) is 4.50. The normalized spacial score (nSPS) is 17.4. The van der Waals surface area contributed by atoms with E-state index in [-0.39, 0.29) is 17.8 Å². The number of benzene rings is 1. The van der Waals surface area contributed by atoms with Crippen molar-refractivity contribution in [2.75, 3.05) is 6.54 Å². The van der Waals surface area contributed by atoms with Gasteiger partial charge in [-0.05, 0) is 67.4 Å². The van der Waals surface area contributed by atoms with Crippen LogP contribution in [0.1, 0.15) is 41.2 Å². The van der Waals surface area contributed by atoms with Crippen LogP contribution >= 0.6 is 12.2 Å². The summed E-state index contributed by atoms with van der Waals surface area (Å²) in [6.45, 7) is 0.794. The Morgan fingerprint density at radius 3 is 2.75 bits per heavy atom. The quantitative estimate of drug-likeness (QED) is 0.848. The van der Waals surface area contributed by atoms with Crippen molar-refractivity contribution in [2.24, 2.45) is 0 Å². The van der Waals surface area contributed by atoms with Gasteiger partial charge in [0.25, 0.3) is 5.91 Å². The Labute approximate surface area is 145 Å². The lowest BCUT2D eigenvalue weighted by atomic mass is 9.97. The van der Waals surface area contributed by atoms with E-state index in [0.29, 0.717) is 10.7 Å². The summed E-state index contributed by atoms with van der Waals surface area (Å²) in [5.74, 6) is -0.697. The van der Waals surface area contributed by atoms with Crippen LogP contribution in [-0.2, 0) is 0 Å². The smallest absolute Gasteiger partial charge is 0.257 e. The number of aromatic nitrogens is 1. The molecule has 0 saturated carbocycles. The average molecular weight is 343 g/mol. The van der Waals surface area contributed by atoms with E-state index in [9.17, 15) is 9.18 Å². The summed E-state index contributed by atoms with van der Waals surface area (Å²) < 4.78 is 13.0. The molecule has 6 heteroatoms. The number of piperidine rings is 1. The summed E-state index contributed by atoms with van der Waals surface area (Å²) in [5, 5.41) is 3.16. The molecule has 24 heavy (non-hydrogen) atoms. The van der Waals surface area contributed by atoms with Gasteiger partial charge in [-0.3, -0.25) is 15.1 Å². The lowest BCUT2D eigenvalue weighted by Gasteiger charge is -2.37. The van der Waals surface area contributed by atoms with Crippen molar-refractivity contribution in [3.05, 3.63) is 65.7 Å². The van der Waals surface area contributed by atoms with Crippen LogP contribution in [0.3, 0.4) is 0 Å². The molecule has 2 aromatic rings. The lowest BCUT2D eigenvalue weighted by molar-refractivity contribution is 0.0969. The van der Waals surface area contributed by atoms with Crippen LogP contribution in [0.2, 0.25) is 0 Å². The van der Waals surface area contributed by atoms with Gasteiger partial charge in [-0.15, -0.1) is 0 Å². The number of thiocarbonyl (C=S) groups is 1. The lowest BCUT2D eigenvalue weighted by Crippen LogP contribution is -2.46. The Morgan fingerprint density at radius 1 is 1.25 bits per heavy atom. The molecule has 4 nitrogen and oxygen atoms in total. The maximum Gasteiger partial charge on any atom is 0.257 e. The molecule has 1 fully saturated rings. The Kier molecular flexibility index (Phi) is 5.15. The summed E-state index contributed by atoms with van der Waals surface area (Å²) in [6, 6.07) is 9.47. The zero-order valence-corrected chi connectivity index (χ0v) is 13.9. The number of hydrogen-bond donors (Lipinski definition) is 1. The van der Waals surface area contributed by atoms with E-state index >= 15 is 0 Å². The zero-order valence-electron chi connectivity index (χ0n) is 13.1. The highest BCUT2D eigenvalue weighted by Crippen LogP contribution is 2.30. The zero-order chi connectivity index (χ0) is 16.9. The standard InChI is InChI=1S/C18H18FN3OS/c19-15-8-6-13(7-9-15)17(23)21-18(24)22-11-2-1-5-16(22)14-4-3-10-20-12-14/h3-4,6-10,12,16H,1-2,5,11H2,(H,21,23,24)/t16-/m1/s1. The van der Waals surface area contributed by atoms with Gasteiger partial charge in [-0.2, -0.15) is 0 Å². The second kappa shape index (κ2) is 7.49. The number of carbonyl (C=O) groups is 1. The van der Waals surface area contributed by atoms with Gasteiger partial charge < -0.3 is 4.90 Å². The van der Waals surface area contributed by atoms with Crippen LogP contribution in [0.5, 0.6) is 0 Å². The van der Waals surface area contributed by atoms with Crippen LogP contribution in [0, 0.1) is 5.82 Å². The maximum absolute atomic E-state index is 13.0. The first-order chi connectivity index (χ1) is 11.6. The Bertz CT molecular complexity index is 721. The van der Waals surface area contributed by atoms with Gasteiger partial charge in [0.15, 0.2) is 5.11 Å². The number of halogens is 1. The van der Waals surface area contributed by atoms with Crippen LogP contribution < -0.4 is 5.32 Å². The summed E-state index contributed by atoms with van der Waals surface area (Å²) in [5.41, 5.74) is 1.48. The molecule has 1 saturated heterocycles. The Hall–Kier alpha value is -2.34. The van der Waals surface area contributed by atoms with Crippen LogP contribution in [-0.4, -0.2) is 27.4 Å². The second-order valence-electron chi connectivity index (χ2n) is 5.76. The minimum Gasteiger partial charge on any atom is -0.342 e. The number of nitrogens with one attached hydrogen (secondary N) is 1. The molecular formula is C18H18FN3OS. The van der Waals surface area contributed by atoms with E-state index < -0.39 is 0 Å². The highest BCUT2D eigenvalue weighted by molar-refractivity contribution is 7.80. The summed E-state index contributed by atoms with van der Waals surface area (Å²) in [4.78, 5) is 18.5. The molecular weight excluding hydrogens is 325 g/mol. The third kappa shape index (κ3) is 3.76. The predicted molar refractivity (Wildman–Crippen MR) is 94.0 cm³/mol. The monoisotopic (exact) mass is 343 g/mol. The second-order valence-corrected chi connectivity index (χ2v) is 6.14. The van der Waals surface area contributed by atoms with Gasteiger partial charge in [0.1, 0.15) is 5.82 Å². The fraction of sp³-hybridized carbons (Fsp3) is 0.278. The number of amides is 1. The van der Waals surface area contributed by atoms with E-state index in [0.717, 1.165) is 31.4 Å². The third-order valence-electron chi connectivity index (χ3n) is 4.16. The van der Waals surface area contributed by atoms with Crippen molar-refractivity contribution in [3.8, 4) is 0 Å². The first-order valence-corrected chi connectivity index (χ1v) is 8.33. The summed E-state index contributed by atoms with van der Waals surface area (Å²) in [6.07, 6.45) is 6.70. The van der Waals surface area contributed by atoms with Crippen LogP contribution in [0.25, 0.3) is 0 Å². The topological polar surface area (TPSA) is 45.2 Å². The largest absolute Gasteiger partial charge is 0.342 e. The number of carbonyl (C=O) groups excluding carboxylic acids is 1. The molecule has 1 atom stereocenters. The van der Waals surface area contributed by atoms with Gasteiger partial charge in [0.05, 0.1) is 6.04 Å². The molecule has 2 heterocycles. The van der Waals surface area contributed by atoms with Gasteiger partial charge in [0, 0.05) is 24.5 Å². The molecule has 0 unspecified atom stereocenters. The summed E-state index contributed by atoms with van der Waals surface area (Å²) in [7, 11) is 0. The molecule has 3 rings (SSSR count). The molecule has 1 N–H and O–H groups in total. The Morgan fingerprint density at radius 2 is 2.04 bits per heavy atom. The molecule has 0 aliphatic carbocycles. The van der Waals surface area contributed by atoms with Crippen molar-refractivity contribution in [1.29, 1.82) is 0 Å². The SMILES string of the molecule is O=C(NC(=S)N1CCCC[C@@H]1c1cccnc1)c1ccc(F)cc1. The number of hydrogen-bond acceptors (Lipinski definition) is 3. The number of rotatable bonds is 2. The average Bonchev–Trinajstić information content (AvgIpc) is 2.63. The molecule has 124 valence electrons. The minimum atomic E-state index is -0.373. The molecule has 0 spiro atoms. The van der Waals surface area contributed by atoms with Gasteiger partial charge in [0.2, 0.25) is 0 Å². The van der Waals surface area contributed by atoms with Gasteiger partial charge in [-0.25, -0.2) is 4.39 Å². The maximum atomic E-state index is 13.0. The highest BCUT2D eigenvalue weighted by atomic mass is 32.1. The number of pyridine rings is 1. The highest BCUT2D eigenvalue weighted by Gasteiger charge is 2.27. The first kappa shape index (κ1) is 16.5. The predicted octanol–water partition coefficient (Wildman–Crippen LogP) is 3.46. The molecule has 0 bridgehead atoms. The minimum absolute atomic E-state index is 0.119. The molecule has 0 radical (unpaired) electrons. The fourth-order valence-electron chi connectivity index (χ4n) is 2.94. The molecule has 1 aromatic heterocycles. The van der Waals surface area contributed by atoms with E-state index in [1.165, 1.54) is 24.3 Å². The van der Waals surface area contributed by atoms with E-state index in [2.05, 4.69) is 10.3 Å².